The highest BCUT2D eigenvalue weighted by molar-refractivity contribution is 5.97. The average molecular weight is 271 g/mol. The molecule has 0 radical (unpaired) electrons. The Hall–Kier alpha value is -1.98. The van der Waals surface area contributed by atoms with Crippen molar-refractivity contribution in [2.24, 2.45) is 5.41 Å². The third-order valence-corrected chi connectivity index (χ3v) is 2.56. The first-order valence-electron chi connectivity index (χ1n) is 5.61. The van der Waals surface area contributed by atoms with Gasteiger partial charge in [0.05, 0.1) is 5.56 Å². The van der Waals surface area contributed by atoms with Gasteiger partial charge in [-0.1, -0.05) is 20.8 Å². The standard InChI is InChI=1S/C13H15F2NO3/c1-13(2,3)10(12(18)19)16-11(17)8-5-4-7(14)6-9(8)15/h4-6,10H,1-3H3,(H,16,17)(H,18,19)/t10-/m0/s1. The summed E-state index contributed by atoms with van der Waals surface area (Å²) in [6.45, 7) is 4.90. The van der Waals surface area contributed by atoms with E-state index in [0.717, 1.165) is 12.1 Å². The van der Waals surface area contributed by atoms with E-state index >= 15 is 0 Å². The molecule has 1 atom stereocenters. The molecular formula is C13H15F2NO3. The molecule has 0 aliphatic heterocycles. The second-order valence-corrected chi connectivity index (χ2v) is 5.23. The molecule has 4 nitrogen and oxygen atoms in total. The van der Waals surface area contributed by atoms with Crippen molar-refractivity contribution in [2.45, 2.75) is 26.8 Å². The lowest BCUT2D eigenvalue weighted by molar-refractivity contribution is -0.142. The van der Waals surface area contributed by atoms with Crippen molar-refractivity contribution in [1.29, 1.82) is 0 Å². The van der Waals surface area contributed by atoms with Crippen molar-refractivity contribution in [1.82, 2.24) is 5.32 Å². The summed E-state index contributed by atoms with van der Waals surface area (Å²) in [7, 11) is 0. The van der Waals surface area contributed by atoms with Gasteiger partial charge in [0.15, 0.2) is 0 Å². The minimum atomic E-state index is -1.22. The van der Waals surface area contributed by atoms with Gasteiger partial charge in [-0.2, -0.15) is 0 Å². The minimum absolute atomic E-state index is 0.392. The number of carboxylic acids is 1. The highest BCUT2D eigenvalue weighted by Gasteiger charge is 2.33. The Kier molecular flexibility index (Phi) is 4.24. The molecule has 0 saturated heterocycles. The summed E-state index contributed by atoms with van der Waals surface area (Å²) in [6, 6.07) is 1.30. The van der Waals surface area contributed by atoms with Crippen molar-refractivity contribution in [3.8, 4) is 0 Å². The van der Waals surface area contributed by atoms with Crippen molar-refractivity contribution in [3.63, 3.8) is 0 Å². The number of carbonyl (C=O) groups is 2. The van der Waals surface area contributed by atoms with Crippen LogP contribution in [0.1, 0.15) is 31.1 Å². The number of hydrogen-bond acceptors (Lipinski definition) is 2. The van der Waals surface area contributed by atoms with E-state index in [2.05, 4.69) is 5.32 Å². The zero-order chi connectivity index (χ0) is 14.8. The summed E-state index contributed by atoms with van der Waals surface area (Å²) in [5, 5.41) is 11.3. The molecule has 1 amide bonds. The average Bonchev–Trinajstić information content (AvgIpc) is 2.23. The number of halogens is 2. The molecule has 0 saturated carbocycles. The lowest BCUT2D eigenvalue weighted by Gasteiger charge is -2.27. The first kappa shape index (κ1) is 15.1. The predicted molar refractivity (Wildman–Crippen MR) is 64.7 cm³/mol. The van der Waals surface area contributed by atoms with E-state index in [0.29, 0.717) is 6.07 Å². The summed E-state index contributed by atoms with van der Waals surface area (Å²) in [6.07, 6.45) is 0. The number of benzene rings is 1. The number of carbonyl (C=O) groups excluding carboxylic acids is 1. The molecule has 0 aliphatic carbocycles. The van der Waals surface area contributed by atoms with Crippen LogP contribution in [0.3, 0.4) is 0 Å². The number of aliphatic carboxylic acids is 1. The summed E-state index contributed by atoms with van der Waals surface area (Å²) >= 11 is 0. The summed E-state index contributed by atoms with van der Waals surface area (Å²) in [4.78, 5) is 22.9. The highest BCUT2D eigenvalue weighted by Crippen LogP contribution is 2.20. The molecule has 1 aromatic carbocycles. The predicted octanol–water partition coefficient (Wildman–Crippen LogP) is 2.19. The van der Waals surface area contributed by atoms with Crippen LogP contribution in [0.15, 0.2) is 18.2 Å². The Morgan fingerprint density at radius 2 is 1.84 bits per heavy atom. The van der Waals surface area contributed by atoms with Gasteiger partial charge in [-0.25, -0.2) is 13.6 Å². The van der Waals surface area contributed by atoms with E-state index in [4.69, 9.17) is 5.11 Å². The van der Waals surface area contributed by atoms with Crippen LogP contribution in [0.5, 0.6) is 0 Å². The molecule has 0 unspecified atom stereocenters. The number of nitrogens with one attached hydrogen (secondary N) is 1. The van der Waals surface area contributed by atoms with Gasteiger partial charge in [0, 0.05) is 6.07 Å². The maximum atomic E-state index is 13.4. The topological polar surface area (TPSA) is 66.4 Å². The first-order valence-corrected chi connectivity index (χ1v) is 5.61. The summed E-state index contributed by atoms with van der Waals surface area (Å²) in [5.41, 5.74) is -1.13. The Bertz CT molecular complexity index is 509. The normalized spacial score (nSPS) is 12.9. The fourth-order valence-electron chi connectivity index (χ4n) is 1.53. The van der Waals surface area contributed by atoms with Crippen LogP contribution in [-0.2, 0) is 4.79 Å². The second-order valence-electron chi connectivity index (χ2n) is 5.23. The lowest BCUT2D eigenvalue weighted by Crippen LogP contribution is -2.49. The van der Waals surface area contributed by atoms with Gasteiger partial charge in [-0.05, 0) is 17.5 Å². The zero-order valence-corrected chi connectivity index (χ0v) is 10.8. The van der Waals surface area contributed by atoms with E-state index in [9.17, 15) is 18.4 Å². The van der Waals surface area contributed by atoms with E-state index in [1.807, 2.05) is 0 Å². The summed E-state index contributed by atoms with van der Waals surface area (Å²) in [5.74, 6) is -3.95. The molecule has 2 N–H and O–H groups in total. The Balaban J connectivity index is 2.98. The second kappa shape index (κ2) is 5.34. The molecular weight excluding hydrogens is 256 g/mol. The van der Waals surface area contributed by atoms with E-state index in [-0.39, 0.29) is 0 Å². The molecule has 0 bridgehead atoms. The molecule has 1 aromatic rings. The van der Waals surface area contributed by atoms with E-state index < -0.39 is 40.5 Å². The monoisotopic (exact) mass is 271 g/mol. The van der Waals surface area contributed by atoms with Gasteiger partial charge in [-0.3, -0.25) is 4.79 Å². The van der Waals surface area contributed by atoms with E-state index in [1.165, 1.54) is 0 Å². The smallest absolute Gasteiger partial charge is 0.326 e. The van der Waals surface area contributed by atoms with Crippen LogP contribution in [0.2, 0.25) is 0 Å². The molecule has 104 valence electrons. The Labute approximate surface area is 109 Å². The van der Waals surface area contributed by atoms with Crippen LogP contribution >= 0.6 is 0 Å². The molecule has 0 aliphatic rings. The lowest BCUT2D eigenvalue weighted by atomic mass is 9.86. The third-order valence-electron chi connectivity index (χ3n) is 2.56. The molecule has 1 rings (SSSR count). The Morgan fingerprint density at radius 3 is 2.26 bits per heavy atom. The van der Waals surface area contributed by atoms with E-state index in [1.54, 1.807) is 20.8 Å². The van der Waals surface area contributed by atoms with Crippen molar-refractivity contribution < 1.29 is 23.5 Å². The molecule has 0 heterocycles. The molecule has 0 aromatic heterocycles. The summed E-state index contributed by atoms with van der Waals surface area (Å²) < 4.78 is 26.1. The van der Waals surface area contributed by atoms with Crippen LogP contribution in [0.25, 0.3) is 0 Å². The van der Waals surface area contributed by atoms with Gasteiger partial charge in [0.2, 0.25) is 0 Å². The van der Waals surface area contributed by atoms with Crippen molar-refractivity contribution >= 4 is 11.9 Å². The number of rotatable bonds is 3. The number of hydrogen-bond donors (Lipinski definition) is 2. The highest BCUT2D eigenvalue weighted by atomic mass is 19.1. The third kappa shape index (κ3) is 3.74. The fourth-order valence-corrected chi connectivity index (χ4v) is 1.53. The van der Waals surface area contributed by atoms with Crippen LogP contribution < -0.4 is 5.32 Å². The quantitative estimate of drug-likeness (QED) is 0.885. The zero-order valence-electron chi connectivity index (χ0n) is 10.8. The Morgan fingerprint density at radius 1 is 1.26 bits per heavy atom. The van der Waals surface area contributed by atoms with Crippen LogP contribution in [0, 0.1) is 17.0 Å². The van der Waals surface area contributed by atoms with Crippen LogP contribution in [0.4, 0.5) is 8.78 Å². The maximum absolute atomic E-state index is 13.4. The molecule has 6 heteroatoms. The van der Waals surface area contributed by atoms with Gasteiger partial charge in [0.25, 0.3) is 5.91 Å². The SMILES string of the molecule is CC(C)(C)[C@@H](NC(=O)c1ccc(F)cc1F)C(=O)O. The largest absolute Gasteiger partial charge is 0.480 e. The van der Waals surface area contributed by atoms with Gasteiger partial charge < -0.3 is 10.4 Å². The number of amides is 1. The molecule has 0 spiro atoms. The van der Waals surface area contributed by atoms with Gasteiger partial charge in [-0.15, -0.1) is 0 Å². The number of carboxylic acid groups (broad SMARTS) is 1. The van der Waals surface area contributed by atoms with Crippen LogP contribution in [-0.4, -0.2) is 23.0 Å². The fraction of sp³-hybridized carbons (Fsp3) is 0.385. The molecule has 0 fully saturated rings. The van der Waals surface area contributed by atoms with Gasteiger partial charge >= 0.3 is 5.97 Å². The van der Waals surface area contributed by atoms with Gasteiger partial charge in [0.1, 0.15) is 17.7 Å². The van der Waals surface area contributed by atoms with Crippen molar-refractivity contribution in [3.05, 3.63) is 35.4 Å². The minimum Gasteiger partial charge on any atom is -0.480 e. The maximum Gasteiger partial charge on any atom is 0.326 e. The molecule has 19 heavy (non-hydrogen) atoms. The van der Waals surface area contributed by atoms with Crippen molar-refractivity contribution in [2.75, 3.05) is 0 Å². The first-order chi connectivity index (χ1) is 8.62.